The van der Waals surface area contributed by atoms with Crippen molar-refractivity contribution in [3.05, 3.63) is 94.3 Å². The van der Waals surface area contributed by atoms with E-state index in [1.54, 1.807) is 19.1 Å². The SMILES string of the molecule is CCN(C)S(=O)(=O)Nc1ccc(F)c(C(=O)c2c[nH]c3ncc(C#Cc4ccc(C(=O)O)cc4)cc23)c1F. The highest BCUT2D eigenvalue weighted by molar-refractivity contribution is 7.90. The van der Waals surface area contributed by atoms with Gasteiger partial charge in [-0.3, -0.25) is 9.52 Å². The van der Waals surface area contributed by atoms with Crippen molar-refractivity contribution < 1.29 is 31.9 Å². The molecule has 4 aromatic rings. The lowest BCUT2D eigenvalue weighted by molar-refractivity contribution is 0.0696. The summed E-state index contributed by atoms with van der Waals surface area (Å²) in [4.78, 5) is 31.2. The average molecular weight is 539 g/mol. The van der Waals surface area contributed by atoms with Crippen LogP contribution in [0.5, 0.6) is 0 Å². The van der Waals surface area contributed by atoms with Crippen LogP contribution in [0.25, 0.3) is 11.0 Å². The van der Waals surface area contributed by atoms with Gasteiger partial charge in [0.1, 0.15) is 11.5 Å². The van der Waals surface area contributed by atoms with Gasteiger partial charge in [0.25, 0.3) is 0 Å². The first-order chi connectivity index (χ1) is 18.0. The van der Waals surface area contributed by atoms with E-state index in [0.29, 0.717) is 11.1 Å². The highest BCUT2D eigenvalue weighted by Crippen LogP contribution is 2.28. The van der Waals surface area contributed by atoms with Gasteiger partial charge in [-0.15, -0.1) is 0 Å². The molecule has 4 rings (SSSR count). The molecule has 0 aliphatic rings. The quantitative estimate of drug-likeness (QED) is 0.242. The van der Waals surface area contributed by atoms with Crippen LogP contribution in [0.3, 0.4) is 0 Å². The Morgan fingerprint density at radius 3 is 2.45 bits per heavy atom. The van der Waals surface area contributed by atoms with Crippen LogP contribution in [-0.2, 0) is 10.2 Å². The molecule has 3 N–H and O–H groups in total. The molecule has 0 aliphatic heterocycles. The fourth-order valence-corrected chi connectivity index (χ4v) is 4.39. The molecule has 0 saturated carbocycles. The highest BCUT2D eigenvalue weighted by atomic mass is 32.2. The smallest absolute Gasteiger partial charge is 0.335 e. The zero-order chi connectivity index (χ0) is 27.6. The monoisotopic (exact) mass is 538 g/mol. The molecule has 0 amide bonds. The number of carboxylic acids is 1. The normalized spacial score (nSPS) is 11.3. The van der Waals surface area contributed by atoms with E-state index in [0.717, 1.165) is 16.4 Å². The molecule has 0 aliphatic carbocycles. The first kappa shape index (κ1) is 26.5. The number of carboxylic acid groups (broad SMARTS) is 1. The summed E-state index contributed by atoms with van der Waals surface area (Å²) in [5.74, 6) is 1.11. The molecule has 0 atom stereocenters. The number of benzene rings is 2. The van der Waals surface area contributed by atoms with E-state index in [-0.39, 0.29) is 28.7 Å². The number of nitrogens with zero attached hydrogens (tertiary/aromatic N) is 2. The number of anilines is 1. The summed E-state index contributed by atoms with van der Waals surface area (Å²) in [7, 11) is -2.84. The van der Waals surface area contributed by atoms with Crippen molar-refractivity contribution in [2.24, 2.45) is 0 Å². The number of H-pyrrole nitrogens is 1. The predicted octanol–water partition coefficient (Wildman–Crippen LogP) is 3.78. The molecule has 2 aromatic heterocycles. The number of hydrogen-bond donors (Lipinski definition) is 3. The van der Waals surface area contributed by atoms with E-state index >= 15 is 4.39 Å². The standard InChI is InChI=1S/C26H20F2N4O5S/c1-3-32(2)38(36,37)31-21-11-10-20(27)22(23(21)28)24(33)19-14-30-25-18(19)12-16(13-29-25)5-4-15-6-8-17(9-7-15)26(34)35/h6-14,31H,3H2,1-2H3,(H,29,30)(H,34,35). The van der Waals surface area contributed by atoms with Crippen LogP contribution < -0.4 is 4.72 Å². The molecule has 0 bridgehead atoms. The zero-order valence-electron chi connectivity index (χ0n) is 20.0. The molecule has 2 aromatic carbocycles. The Balaban J connectivity index is 1.70. The molecule has 9 nitrogen and oxygen atoms in total. The summed E-state index contributed by atoms with van der Waals surface area (Å²) >= 11 is 0. The van der Waals surface area contributed by atoms with Gasteiger partial charge < -0.3 is 10.1 Å². The number of fused-ring (bicyclic) bond motifs is 1. The lowest BCUT2D eigenvalue weighted by atomic mass is 10.0. The minimum atomic E-state index is -4.12. The largest absolute Gasteiger partial charge is 0.478 e. The van der Waals surface area contributed by atoms with Crippen molar-refractivity contribution in [3.63, 3.8) is 0 Å². The number of ketones is 1. The number of aromatic carboxylic acids is 1. The van der Waals surface area contributed by atoms with E-state index in [4.69, 9.17) is 5.11 Å². The summed E-state index contributed by atoms with van der Waals surface area (Å²) < 4.78 is 57.5. The summed E-state index contributed by atoms with van der Waals surface area (Å²) in [5, 5.41) is 9.24. The van der Waals surface area contributed by atoms with Crippen molar-refractivity contribution in [3.8, 4) is 11.8 Å². The average Bonchev–Trinajstić information content (AvgIpc) is 3.32. The first-order valence-corrected chi connectivity index (χ1v) is 12.5. The van der Waals surface area contributed by atoms with Gasteiger partial charge in [0.05, 0.1) is 16.8 Å². The van der Waals surface area contributed by atoms with Crippen LogP contribution in [0.2, 0.25) is 0 Å². The summed E-state index contributed by atoms with van der Waals surface area (Å²) in [5.41, 5.74) is -0.287. The van der Waals surface area contributed by atoms with Crippen molar-refractivity contribution >= 4 is 38.7 Å². The molecular weight excluding hydrogens is 518 g/mol. The van der Waals surface area contributed by atoms with Gasteiger partial charge in [-0.2, -0.15) is 12.7 Å². The van der Waals surface area contributed by atoms with Crippen LogP contribution >= 0.6 is 0 Å². The van der Waals surface area contributed by atoms with Gasteiger partial charge in [0.2, 0.25) is 5.78 Å². The van der Waals surface area contributed by atoms with Crippen molar-refractivity contribution in [1.29, 1.82) is 0 Å². The van der Waals surface area contributed by atoms with Crippen molar-refractivity contribution in [2.45, 2.75) is 6.92 Å². The number of hydrogen-bond acceptors (Lipinski definition) is 5. The summed E-state index contributed by atoms with van der Waals surface area (Å²) in [6, 6.07) is 9.12. The number of aromatic nitrogens is 2. The van der Waals surface area contributed by atoms with E-state index in [1.165, 1.54) is 37.6 Å². The number of aromatic amines is 1. The molecule has 0 fully saturated rings. The van der Waals surface area contributed by atoms with Gasteiger partial charge in [-0.25, -0.2) is 18.6 Å². The van der Waals surface area contributed by atoms with Crippen molar-refractivity contribution in [2.75, 3.05) is 18.3 Å². The van der Waals surface area contributed by atoms with Crippen LogP contribution in [-0.4, -0.2) is 53.1 Å². The second-order valence-electron chi connectivity index (χ2n) is 8.09. The summed E-state index contributed by atoms with van der Waals surface area (Å²) in [6.07, 6.45) is 2.69. The van der Waals surface area contributed by atoms with E-state index < -0.39 is 44.8 Å². The molecule has 12 heteroatoms. The first-order valence-electron chi connectivity index (χ1n) is 11.1. The van der Waals surface area contributed by atoms with E-state index in [9.17, 15) is 22.4 Å². The minimum Gasteiger partial charge on any atom is -0.478 e. The fraction of sp³-hybridized carbons (Fsp3) is 0.115. The lowest BCUT2D eigenvalue weighted by Gasteiger charge is -2.17. The molecule has 38 heavy (non-hydrogen) atoms. The maximum Gasteiger partial charge on any atom is 0.335 e. The zero-order valence-corrected chi connectivity index (χ0v) is 20.9. The third-order valence-electron chi connectivity index (χ3n) is 5.67. The molecular formula is C26H20F2N4O5S. The van der Waals surface area contributed by atoms with Gasteiger partial charge in [-0.05, 0) is 42.5 Å². The number of halogens is 2. The Morgan fingerprint density at radius 1 is 1.11 bits per heavy atom. The van der Waals surface area contributed by atoms with Crippen LogP contribution in [0.4, 0.5) is 14.5 Å². The fourth-order valence-electron chi connectivity index (χ4n) is 3.46. The maximum absolute atomic E-state index is 15.2. The van der Waals surface area contributed by atoms with Gasteiger partial charge in [0.15, 0.2) is 5.82 Å². The van der Waals surface area contributed by atoms with Crippen LogP contribution in [0, 0.1) is 23.5 Å². The van der Waals surface area contributed by atoms with Crippen molar-refractivity contribution in [1.82, 2.24) is 14.3 Å². The number of nitrogens with one attached hydrogen (secondary N) is 2. The second kappa shape index (κ2) is 10.4. The second-order valence-corrected chi connectivity index (χ2v) is 9.87. The number of rotatable bonds is 7. The predicted molar refractivity (Wildman–Crippen MR) is 136 cm³/mol. The van der Waals surface area contributed by atoms with Crippen LogP contribution in [0.1, 0.15) is 44.3 Å². The summed E-state index contributed by atoms with van der Waals surface area (Å²) in [6.45, 7) is 1.68. The maximum atomic E-state index is 15.2. The Morgan fingerprint density at radius 2 is 1.79 bits per heavy atom. The Bertz CT molecular complexity index is 1740. The number of carbonyl (C=O) groups is 2. The highest BCUT2D eigenvalue weighted by Gasteiger charge is 2.26. The van der Waals surface area contributed by atoms with Gasteiger partial charge in [-0.1, -0.05) is 18.8 Å². The molecule has 2 heterocycles. The minimum absolute atomic E-state index is 0.0922. The third-order valence-corrected chi connectivity index (χ3v) is 7.23. The molecule has 0 radical (unpaired) electrons. The third kappa shape index (κ3) is 5.24. The topological polar surface area (TPSA) is 132 Å². The van der Waals surface area contributed by atoms with E-state index in [2.05, 4.69) is 21.8 Å². The molecule has 194 valence electrons. The molecule has 0 saturated heterocycles. The molecule has 0 spiro atoms. The Kier molecular flexibility index (Phi) is 7.25. The number of pyridine rings is 1. The van der Waals surface area contributed by atoms with Gasteiger partial charge in [0, 0.05) is 48.1 Å². The number of carbonyl (C=O) groups excluding carboxylic acids is 1. The van der Waals surface area contributed by atoms with E-state index in [1.807, 2.05) is 4.72 Å². The lowest BCUT2D eigenvalue weighted by Crippen LogP contribution is -2.32. The molecule has 0 unspecified atom stereocenters. The Hall–Kier alpha value is -4.60. The van der Waals surface area contributed by atoms with Gasteiger partial charge >= 0.3 is 16.2 Å². The Labute approximate surface area is 216 Å². The van der Waals surface area contributed by atoms with Crippen LogP contribution in [0.15, 0.2) is 54.9 Å².